The first-order chi connectivity index (χ1) is 8.66. The summed E-state index contributed by atoms with van der Waals surface area (Å²) >= 11 is -0.740. The molecule has 0 aliphatic heterocycles. The quantitative estimate of drug-likeness (QED) is 0.461. The average Bonchev–Trinajstić information content (AvgIpc) is 2.84. The van der Waals surface area contributed by atoms with E-state index in [9.17, 15) is 0 Å². The molecule has 0 unspecified atom stereocenters. The molecule has 2 aliphatic rings. The van der Waals surface area contributed by atoms with Crippen LogP contribution >= 0.6 is 0 Å². The van der Waals surface area contributed by atoms with Crippen molar-refractivity contribution in [3.05, 3.63) is 42.1 Å². The van der Waals surface area contributed by atoms with Crippen LogP contribution < -0.4 is 24.8 Å². The largest absolute Gasteiger partial charge is 1.00 e. The first-order valence-electron chi connectivity index (χ1n) is 7.26. The molecular formula is C18H26Cl2Hf. The Hall–Kier alpha value is 0.410. The van der Waals surface area contributed by atoms with Crippen LogP contribution in [0, 0.1) is 10.8 Å². The van der Waals surface area contributed by atoms with Crippen LogP contribution in [0.2, 0.25) is 0 Å². The molecule has 0 aromatic heterocycles. The molecule has 21 heavy (non-hydrogen) atoms. The molecule has 0 aromatic carbocycles. The zero-order valence-electron chi connectivity index (χ0n) is 14.0. The zero-order valence-corrected chi connectivity index (χ0v) is 19.1. The van der Waals surface area contributed by atoms with Gasteiger partial charge in [-0.2, -0.15) is 0 Å². The number of halogens is 2. The van der Waals surface area contributed by atoms with E-state index in [0.29, 0.717) is 10.8 Å². The van der Waals surface area contributed by atoms with Crippen LogP contribution in [-0.4, -0.2) is 0 Å². The molecule has 0 heterocycles. The predicted molar refractivity (Wildman–Crippen MR) is 80.5 cm³/mol. The minimum absolute atomic E-state index is 0. The zero-order chi connectivity index (χ0) is 14.3. The molecule has 116 valence electrons. The molecule has 0 bridgehead atoms. The smallest absolute Gasteiger partial charge is 1.00 e. The summed E-state index contributed by atoms with van der Waals surface area (Å²) in [6.45, 7) is 13.9. The van der Waals surface area contributed by atoms with Gasteiger partial charge in [-0.1, -0.05) is 0 Å². The van der Waals surface area contributed by atoms with E-state index in [0.717, 1.165) is 0 Å². The second kappa shape index (κ2) is 7.79. The van der Waals surface area contributed by atoms with Gasteiger partial charge in [-0.25, -0.2) is 0 Å². The van der Waals surface area contributed by atoms with Gasteiger partial charge >= 0.3 is 130 Å². The maximum absolute atomic E-state index is 2.51. The first kappa shape index (κ1) is 21.4. The third kappa shape index (κ3) is 5.84. The van der Waals surface area contributed by atoms with E-state index < -0.39 is 22.9 Å². The van der Waals surface area contributed by atoms with Crippen molar-refractivity contribution >= 4 is 0 Å². The van der Waals surface area contributed by atoms with Crippen LogP contribution in [0.4, 0.5) is 0 Å². The standard InChI is InChI=1S/2C9H13.2ClH.Hf/c2*1-9(2,3)8-6-4-5-7-8;;;/h2*6-7H,4H2,1-3H3;2*1H;/q;;;;+2/p-2. The number of rotatable bonds is 2. The fourth-order valence-electron chi connectivity index (χ4n) is 2.48. The monoisotopic (exact) mass is 492 g/mol. The van der Waals surface area contributed by atoms with Crippen LogP contribution in [0.5, 0.6) is 0 Å². The summed E-state index contributed by atoms with van der Waals surface area (Å²) in [6.07, 6.45) is 12.4. The summed E-state index contributed by atoms with van der Waals surface area (Å²) < 4.78 is 3.56. The second-order valence-electron chi connectivity index (χ2n) is 7.69. The topological polar surface area (TPSA) is 0 Å². The van der Waals surface area contributed by atoms with Crippen LogP contribution in [0.3, 0.4) is 0 Å². The van der Waals surface area contributed by atoms with Crippen molar-refractivity contribution in [2.75, 3.05) is 0 Å². The van der Waals surface area contributed by atoms with Crippen molar-refractivity contribution in [2.45, 2.75) is 54.4 Å². The van der Waals surface area contributed by atoms with Crippen molar-refractivity contribution in [1.29, 1.82) is 0 Å². The van der Waals surface area contributed by atoms with Crippen LogP contribution in [0.1, 0.15) is 54.4 Å². The summed E-state index contributed by atoms with van der Waals surface area (Å²) in [5.41, 5.74) is 3.75. The molecule has 0 amide bonds. The summed E-state index contributed by atoms with van der Waals surface area (Å²) in [5, 5.41) is 0. The van der Waals surface area contributed by atoms with Gasteiger partial charge in [0.1, 0.15) is 0 Å². The van der Waals surface area contributed by atoms with Crippen molar-refractivity contribution in [3.8, 4) is 0 Å². The Bertz CT molecular complexity index is 448. The summed E-state index contributed by atoms with van der Waals surface area (Å²) in [7, 11) is 0. The molecule has 0 nitrogen and oxygen atoms in total. The number of allylic oxidation sites excluding steroid dienone is 8. The van der Waals surface area contributed by atoms with Gasteiger partial charge in [-0.15, -0.1) is 0 Å². The Balaban J connectivity index is 0.00000200. The predicted octanol–water partition coefficient (Wildman–Crippen LogP) is -0.403. The Morgan fingerprint density at radius 1 is 0.714 bits per heavy atom. The minimum Gasteiger partial charge on any atom is -1.00 e. The SMILES string of the molecule is CC(C)(C)C1=CC[C]([Hf+2][C]2=CC(C(C)(C)C)=CC2)=C1.[Cl-].[Cl-]. The van der Waals surface area contributed by atoms with E-state index in [1.165, 1.54) is 12.8 Å². The molecule has 0 aromatic rings. The van der Waals surface area contributed by atoms with Gasteiger partial charge in [0.15, 0.2) is 0 Å². The van der Waals surface area contributed by atoms with Crippen molar-refractivity contribution in [2.24, 2.45) is 10.8 Å². The van der Waals surface area contributed by atoms with Crippen molar-refractivity contribution in [1.82, 2.24) is 0 Å². The van der Waals surface area contributed by atoms with E-state index in [2.05, 4.69) is 65.8 Å². The van der Waals surface area contributed by atoms with Gasteiger partial charge in [0.2, 0.25) is 0 Å². The van der Waals surface area contributed by atoms with Gasteiger partial charge in [0.05, 0.1) is 0 Å². The van der Waals surface area contributed by atoms with Gasteiger partial charge in [0, 0.05) is 0 Å². The second-order valence-corrected chi connectivity index (χ2v) is 13.2. The molecule has 2 aliphatic carbocycles. The van der Waals surface area contributed by atoms with E-state index in [1.807, 2.05) is 0 Å². The van der Waals surface area contributed by atoms with Crippen molar-refractivity contribution < 1.29 is 47.7 Å². The van der Waals surface area contributed by atoms with Gasteiger partial charge in [-0.05, 0) is 0 Å². The normalized spacial score (nSPS) is 17.8. The fourth-order valence-corrected chi connectivity index (χ4v) is 7.06. The average molecular weight is 492 g/mol. The molecule has 2 rings (SSSR count). The molecule has 0 radical (unpaired) electrons. The van der Waals surface area contributed by atoms with E-state index in [-0.39, 0.29) is 24.8 Å². The fraction of sp³-hybridized carbons (Fsp3) is 0.556. The number of hydrogen-bond acceptors (Lipinski definition) is 0. The Kier molecular flexibility index (Phi) is 7.95. The van der Waals surface area contributed by atoms with Crippen molar-refractivity contribution in [3.63, 3.8) is 0 Å². The molecule has 0 atom stereocenters. The van der Waals surface area contributed by atoms with Crippen LogP contribution in [0.15, 0.2) is 42.1 Å². The van der Waals surface area contributed by atoms with Gasteiger partial charge < -0.3 is 24.8 Å². The Labute approximate surface area is 154 Å². The minimum atomic E-state index is -0.740. The third-order valence-electron chi connectivity index (χ3n) is 3.80. The van der Waals surface area contributed by atoms with Crippen LogP contribution in [-0.2, 0) is 22.9 Å². The third-order valence-corrected chi connectivity index (χ3v) is 8.61. The van der Waals surface area contributed by atoms with Gasteiger partial charge in [0.25, 0.3) is 0 Å². The Morgan fingerprint density at radius 3 is 1.29 bits per heavy atom. The van der Waals surface area contributed by atoms with Gasteiger partial charge in [-0.3, -0.25) is 0 Å². The summed E-state index contributed by atoms with van der Waals surface area (Å²) in [6, 6.07) is 0. The molecule has 0 saturated carbocycles. The molecule has 0 saturated heterocycles. The van der Waals surface area contributed by atoms with E-state index in [4.69, 9.17) is 0 Å². The molecule has 0 fully saturated rings. The first-order valence-corrected chi connectivity index (χ1v) is 10.8. The van der Waals surface area contributed by atoms with E-state index >= 15 is 0 Å². The molecular weight excluding hydrogens is 466 g/mol. The maximum atomic E-state index is 2.51. The summed E-state index contributed by atoms with van der Waals surface area (Å²) in [5.74, 6) is 0. The molecule has 0 spiro atoms. The summed E-state index contributed by atoms with van der Waals surface area (Å²) in [4.78, 5) is 0. The Morgan fingerprint density at radius 2 is 1.05 bits per heavy atom. The number of hydrogen-bond donors (Lipinski definition) is 0. The van der Waals surface area contributed by atoms with E-state index in [1.54, 1.807) is 17.8 Å². The van der Waals surface area contributed by atoms with Crippen LogP contribution in [0.25, 0.3) is 0 Å². The molecule has 3 heteroatoms. The molecule has 0 N–H and O–H groups in total. The maximum Gasteiger partial charge on any atom is -1.00 e.